The third-order valence-electron chi connectivity index (χ3n) is 6.88. The first-order valence-electron chi connectivity index (χ1n) is 13.2. The van der Waals surface area contributed by atoms with Crippen LogP contribution in [0.4, 0.5) is 15.3 Å². The van der Waals surface area contributed by atoms with Gasteiger partial charge in [0.05, 0.1) is 18.2 Å². The number of aliphatic carboxylic acids is 1. The van der Waals surface area contributed by atoms with E-state index >= 15 is 0 Å². The molecule has 41 heavy (non-hydrogen) atoms. The minimum absolute atomic E-state index is 0.0342. The number of alkyl carbamates (subject to hydrolysis) is 1. The van der Waals surface area contributed by atoms with E-state index in [1.807, 2.05) is 54.0 Å². The highest BCUT2D eigenvalue weighted by atomic mass is 16.5. The number of aryl methyl sites for hydroxylation is 2. The summed E-state index contributed by atoms with van der Waals surface area (Å²) in [5, 5.41) is 18.2. The van der Waals surface area contributed by atoms with Gasteiger partial charge >= 0.3 is 18.1 Å². The second kappa shape index (κ2) is 13.4. The smallest absolute Gasteiger partial charge is 0.408 e. The van der Waals surface area contributed by atoms with E-state index in [-0.39, 0.29) is 13.0 Å². The molecule has 216 valence electrons. The highest BCUT2D eigenvalue weighted by Crippen LogP contribution is 2.37. The fourth-order valence-electron chi connectivity index (χ4n) is 5.07. The van der Waals surface area contributed by atoms with Crippen LogP contribution in [0.5, 0.6) is 0 Å². The minimum Gasteiger partial charge on any atom is -0.481 e. The summed E-state index contributed by atoms with van der Waals surface area (Å²) in [5.74, 6) is -2.27. The van der Waals surface area contributed by atoms with Gasteiger partial charge in [0.1, 0.15) is 18.7 Å². The van der Waals surface area contributed by atoms with Gasteiger partial charge in [0.2, 0.25) is 11.8 Å². The van der Waals surface area contributed by atoms with Crippen molar-refractivity contribution in [2.75, 3.05) is 4.90 Å². The van der Waals surface area contributed by atoms with Crippen molar-refractivity contribution in [3.05, 3.63) is 65.2 Å². The number of para-hydroxylation sites is 1. The number of nitrogens with two attached hydrogens (primary N) is 1. The average molecular weight is 565 g/mol. The van der Waals surface area contributed by atoms with E-state index in [2.05, 4.69) is 15.7 Å². The number of anilines is 1. The van der Waals surface area contributed by atoms with E-state index < -0.39 is 54.5 Å². The lowest BCUT2D eigenvalue weighted by molar-refractivity contribution is -0.137. The zero-order valence-corrected chi connectivity index (χ0v) is 22.2. The molecule has 0 radical (unpaired) electrons. The number of rotatable bonds is 9. The Hall–Kier alpha value is -4.94. The van der Waals surface area contributed by atoms with Crippen LogP contribution in [0.25, 0.3) is 0 Å². The third kappa shape index (κ3) is 7.59. The van der Waals surface area contributed by atoms with Crippen LogP contribution < -0.4 is 26.7 Å². The molecule has 13 nitrogen and oxygen atoms in total. The molecule has 2 unspecified atom stereocenters. The van der Waals surface area contributed by atoms with Crippen LogP contribution >= 0.6 is 0 Å². The fraction of sp³-hybridized carbons (Fsp3) is 0.357. The molecule has 0 bridgehead atoms. The van der Waals surface area contributed by atoms with Crippen molar-refractivity contribution < 1.29 is 33.8 Å². The second-order valence-corrected chi connectivity index (χ2v) is 9.81. The topological polar surface area (TPSA) is 193 Å². The monoisotopic (exact) mass is 564 g/mol. The number of hydrogen-bond acceptors (Lipinski definition) is 7. The number of ether oxygens (including phenoxy) is 1. The zero-order valence-electron chi connectivity index (χ0n) is 22.2. The molecule has 2 aromatic carbocycles. The lowest BCUT2D eigenvalue weighted by atomic mass is 9.88. The summed E-state index contributed by atoms with van der Waals surface area (Å²) in [5.41, 5.74) is 10.2. The number of hydrogen-bond donors (Lipinski definition) is 5. The number of carbonyl (C=O) groups excluding carboxylic acids is 4. The molecule has 0 fully saturated rings. The number of carbonyl (C=O) groups is 5. The van der Waals surface area contributed by atoms with Gasteiger partial charge in [-0.1, -0.05) is 48.5 Å². The molecule has 2 aromatic rings. The second-order valence-electron chi connectivity index (χ2n) is 9.81. The van der Waals surface area contributed by atoms with Crippen molar-refractivity contribution in [3.8, 4) is 0 Å². The van der Waals surface area contributed by atoms with Gasteiger partial charge in [-0.3, -0.25) is 19.3 Å². The Balaban J connectivity index is 1.56. The highest BCUT2D eigenvalue weighted by molar-refractivity contribution is 6.06. The zero-order chi connectivity index (χ0) is 29.4. The van der Waals surface area contributed by atoms with Crippen LogP contribution in [-0.2, 0) is 38.6 Å². The van der Waals surface area contributed by atoms with Crippen molar-refractivity contribution in [2.24, 2.45) is 10.8 Å². The lowest BCUT2D eigenvalue weighted by Crippen LogP contribution is -2.59. The molecule has 2 aliphatic rings. The Morgan fingerprint density at radius 1 is 1.07 bits per heavy atom. The molecule has 3 atom stereocenters. The van der Waals surface area contributed by atoms with Gasteiger partial charge in [-0.15, -0.1) is 0 Å². The molecule has 6 N–H and O–H groups in total. The number of hydrazone groups is 1. The van der Waals surface area contributed by atoms with Gasteiger partial charge in [0.25, 0.3) is 0 Å². The van der Waals surface area contributed by atoms with Crippen molar-refractivity contribution in [1.82, 2.24) is 16.1 Å². The van der Waals surface area contributed by atoms with Crippen LogP contribution in [0.2, 0.25) is 0 Å². The number of amides is 5. The Labute approximate surface area is 236 Å². The van der Waals surface area contributed by atoms with E-state index in [0.717, 1.165) is 22.9 Å². The van der Waals surface area contributed by atoms with Crippen molar-refractivity contribution >= 4 is 41.8 Å². The van der Waals surface area contributed by atoms with Gasteiger partial charge < -0.3 is 26.2 Å². The maximum atomic E-state index is 14.0. The Morgan fingerprint density at radius 3 is 2.51 bits per heavy atom. The quantitative estimate of drug-likeness (QED) is 0.225. The predicted molar refractivity (Wildman–Crippen MR) is 148 cm³/mol. The number of benzene rings is 2. The first kappa shape index (κ1) is 29.1. The van der Waals surface area contributed by atoms with Gasteiger partial charge in [-0.2, -0.15) is 5.10 Å². The number of nitrogens with zero attached hydrogens (tertiary/aromatic N) is 2. The Kier molecular flexibility index (Phi) is 9.51. The first-order valence-corrected chi connectivity index (χ1v) is 13.2. The molecular weight excluding hydrogens is 532 g/mol. The maximum Gasteiger partial charge on any atom is 0.408 e. The number of carboxylic acids is 1. The largest absolute Gasteiger partial charge is 0.481 e. The molecule has 5 amide bonds. The molecule has 0 aliphatic carbocycles. The van der Waals surface area contributed by atoms with E-state index in [9.17, 15) is 29.1 Å². The molecule has 4 rings (SSSR count). The van der Waals surface area contributed by atoms with Crippen molar-refractivity contribution in [2.45, 2.75) is 63.3 Å². The summed E-state index contributed by atoms with van der Waals surface area (Å²) in [6.07, 6.45) is 2.17. The van der Waals surface area contributed by atoms with E-state index in [1.54, 1.807) is 0 Å². The summed E-state index contributed by atoms with van der Waals surface area (Å²) in [4.78, 5) is 64.0. The average Bonchev–Trinajstić information content (AvgIpc) is 2.94. The molecule has 0 spiro atoms. The summed E-state index contributed by atoms with van der Waals surface area (Å²) in [6.45, 7) is 0.0342. The van der Waals surface area contributed by atoms with E-state index in [1.165, 1.54) is 4.90 Å². The van der Waals surface area contributed by atoms with Gasteiger partial charge in [-0.25, -0.2) is 15.0 Å². The molecule has 13 heteroatoms. The molecule has 0 aromatic heterocycles. The molecule has 0 saturated carbocycles. The Morgan fingerprint density at radius 2 is 1.80 bits per heavy atom. The number of carboxylic acid groups (broad SMARTS) is 1. The van der Waals surface area contributed by atoms with Crippen LogP contribution in [0.1, 0.15) is 42.4 Å². The van der Waals surface area contributed by atoms with Gasteiger partial charge in [-0.05, 0) is 48.8 Å². The fourth-order valence-corrected chi connectivity index (χ4v) is 5.07. The maximum absolute atomic E-state index is 14.0. The molecule has 2 heterocycles. The van der Waals surface area contributed by atoms with Gasteiger partial charge in [0.15, 0.2) is 0 Å². The Bertz CT molecular complexity index is 1330. The normalized spacial score (nSPS) is 18.8. The predicted octanol–water partition coefficient (Wildman–Crippen LogP) is 1.58. The first-order chi connectivity index (χ1) is 19.7. The standard InChI is InChI=1S/C28H32N6O7/c29-27(39)33-30-15-20(14-23(35)36)31-25(37)22-13-12-19-9-4-8-18-10-5-11-21(26(38)34(22)24(18)19)32-28(40)41-16-17-6-2-1-3-7-17/h1-4,6-9,15,20-22H,5,10-14,16H2,(H,31,37)(H,32,40)(H,35,36)(H3,29,33,39)/b30-15+/t20-,21?,22?/m0/s1. The molecule has 2 aliphatic heterocycles. The molecule has 0 saturated heterocycles. The summed E-state index contributed by atoms with van der Waals surface area (Å²) < 4.78 is 5.34. The number of primary amides is 1. The van der Waals surface area contributed by atoms with Crippen LogP contribution in [0.15, 0.2) is 53.6 Å². The summed E-state index contributed by atoms with van der Waals surface area (Å²) >= 11 is 0. The third-order valence-corrected chi connectivity index (χ3v) is 6.88. The lowest BCUT2D eigenvalue weighted by Gasteiger charge is -2.41. The number of urea groups is 1. The van der Waals surface area contributed by atoms with E-state index in [0.29, 0.717) is 31.4 Å². The molecular formula is C28H32N6O7. The van der Waals surface area contributed by atoms with E-state index in [4.69, 9.17) is 10.5 Å². The summed E-state index contributed by atoms with van der Waals surface area (Å²) in [6, 6.07) is 10.9. The van der Waals surface area contributed by atoms with Crippen LogP contribution in [-0.4, -0.2) is 59.4 Å². The van der Waals surface area contributed by atoms with Crippen molar-refractivity contribution in [3.63, 3.8) is 0 Å². The van der Waals surface area contributed by atoms with Gasteiger partial charge in [0, 0.05) is 6.21 Å². The highest BCUT2D eigenvalue weighted by Gasteiger charge is 2.41. The minimum atomic E-state index is -1.21. The SMILES string of the molecule is NC(=O)N/N=C/[C@H](CC(=O)O)NC(=O)C1CCc2cccc3c2N1C(=O)C(NC(=O)OCc1ccccc1)CCC3. The van der Waals surface area contributed by atoms with Crippen molar-refractivity contribution in [1.29, 1.82) is 0 Å². The summed E-state index contributed by atoms with van der Waals surface area (Å²) in [7, 11) is 0. The van der Waals surface area contributed by atoms with Crippen LogP contribution in [0, 0.1) is 0 Å². The van der Waals surface area contributed by atoms with Crippen LogP contribution in [0.3, 0.4) is 0 Å². The number of nitrogens with one attached hydrogen (secondary N) is 3.